The molecule has 0 bridgehead atoms. The maximum atomic E-state index is 6.00. The van der Waals surface area contributed by atoms with E-state index >= 15 is 0 Å². The predicted octanol–water partition coefficient (Wildman–Crippen LogP) is 5.20. The van der Waals surface area contributed by atoms with Crippen molar-refractivity contribution in [2.45, 2.75) is 32.6 Å². The fraction of sp³-hybridized carbons (Fsp3) is 0.300. The number of aromatic nitrogens is 2. The van der Waals surface area contributed by atoms with Crippen molar-refractivity contribution in [3.63, 3.8) is 0 Å². The van der Waals surface area contributed by atoms with Crippen molar-refractivity contribution in [1.82, 2.24) is 9.97 Å². The molecule has 1 aromatic heterocycles. The molecule has 3 aromatic rings. The van der Waals surface area contributed by atoms with Gasteiger partial charge in [-0.25, -0.2) is 9.97 Å². The highest BCUT2D eigenvalue weighted by Crippen LogP contribution is 2.25. The fourth-order valence-electron chi connectivity index (χ4n) is 2.56. The van der Waals surface area contributed by atoms with Gasteiger partial charge < -0.3 is 4.74 Å². The molecule has 0 aliphatic heterocycles. The molecule has 0 radical (unpaired) electrons. The number of nitrogens with zero attached hydrogens (tertiary/aromatic N) is 2. The molecular formula is C20H21ClN2O. The van der Waals surface area contributed by atoms with Crippen LogP contribution < -0.4 is 4.74 Å². The average Bonchev–Trinajstić information content (AvgIpc) is 2.54. The molecule has 0 aliphatic rings. The van der Waals surface area contributed by atoms with Gasteiger partial charge in [0.05, 0.1) is 17.5 Å². The summed E-state index contributed by atoms with van der Waals surface area (Å²) in [6, 6.07) is 14.3. The average molecular weight is 341 g/mol. The van der Waals surface area contributed by atoms with Gasteiger partial charge in [-0.2, -0.15) is 0 Å². The summed E-state index contributed by atoms with van der Waals surface area (Å²) in [6.07, 6.45) is 2.34. The lowest BCUT2D eigenvalue weighted by molar-refractivity contribution is 0.313. The van der Waals surface area contributed by atoms with Crippen LogP contribution in [0.2, 0.25) is 5.02 Å². The summed E-state index contributed by atoms with van der Waals surface area (Å²) in [5, 5.41) is 1.54. The Hall–Kier alpha value is -2.13. The fourth-order valence-corrected chi connectivity index (χ4v) is 2.72. The number of benzene rings is 2. The van der Waals surface area contributed by atoms with Crippen LogP contribution in [0.3, 0.4) is 0 Å². The third-order valence-electron chi connectivity index (χ3n) is 4.01. The first-order chi connectivity index (χ1) is 11.4. The Morgan fingerprint density at radius 1 is 1.00 bits per heavy atom. The highest BCUT2D eigenvalue weighted by molar-refractivity contribution is 6.31. The molecule has 0 fully saturated rings. The lowest BCUT2D eigenvalue weighted by Crippen LogP contribution is -2.11. The Kier molecular flexibility index (Phi) is 4.72. The largest absolute Gasteiger partial charge is 0.477 e. The minimum atomic E-state index is 0.177. The highest BCUT2D eigenvalue weighted by atomic mass is 35.5. The maximum Gasteiger partial charge on any atom is 0.224 e. The molecule has 0 amide bonds. The van der Waals surface area contributed by atoms with E-state index in [2.05, 4.69) is 55.0 Å². The van der Waals surface area contributed by atoms with Crippen LogP contribution in [0.15, 0.2) is 48.8 Å². The second-order valence-corrected chi connectivity index (χ2v) is 7.32. The third-order valence-corrected chi connectivity index (χ3v) is 4.25. The van der Waals surface area contributed by atoms with E-state index in [1.165, 1.54) is 17.5 Å². The van der Waals surface area contributed by atoms with Crippen LogP contribution in [-0.4, -0.2) is 16.6 Å². The van der Waals surface area contributed by atoms with Crippen LogP contribution in [0.5, 0.6) is 5.88 Å². The van der Waals surface area contributed by atoms with Crippen molar-refractivity contribution >= 4 is 22.5 Å². The van der Waals surface area contributed by atoms with E-state index < -0.39 is 0 Å². The maximum absolute atomic E-state index is 6.00. The second kappa shape index (κ2) is 6.78. The van der Waals surface area contributed by atoms with Crippen molar-refractivity contribution in [3.8, 4) is 5.88 Å². The molecule has 4 heteroatoms. The van der Waals surface area contributed by atoms with E-state index in [-0.39, 0.29) is 5.41 Å². The summed E-state index contributed by atoms with van der Waals surface area (Å²) < 4.78 is 5.87. The van der Waals surface area contributed by atoms with Gasteiger partial charge in [0.1, 0.15) is 6.33 Å². The third kappa shape index (κ3) is 3.85. The first-order valence-corrected chi connectivity index (χ1v) is 8.44. The number of ether oxygens (including phenoxy) is 1. The van der Waals surface area contributed by atoms with E-state index in [1.54, 1.807) is 0 Å². The van der Waals surface area contributed by atoms with E-state index in [0.29, 0.717) is 17.5 Å². The molecule has 0 unspecified atom stereocenters. The summed E-state index contributed by atoms with van der Waals surface area (Å²) in [5.41, 5.74) is 3.56. The van der Waals surface area contributed by atoms with Crippen molar-refractivity contribution in [2.75, 3.05) is 6.61 Å². The van der Waals surface area contributed by atoms with Crippen LogP contribution >= 0.6 is 11.6 Å². The lowest BCUT2D eigenvalue weighted by atomic mass is 9.86. The monoisotopic (exact) mass is 340 g/mol. The lowest BCUT2D eigenvalue weighted by Gasteiger charge is -2.19. The Balaban J connectivity index is 1.67. The van der Waals surface area contributed by atoms with Crippen molar-refractivity contribution in [1.29, 1.82) is 0 Å². The van der Waals surface area contributed by atoms with Gasteiger partial charge >= 0.3 is 0 Å². The first kappa shape index (κ1) is 16.7. The normalized spacial score (nSPS) is 11.7. The summed E-state index contributed by atoms with van der Waals surface area (Å²) in [7, 11) is 0. The summed E-state index contributed by atoms with van der Waals surface area (Å²) in [4.78, 5) is 8.46. The number of fused-ring (bicyclic) bond motifs is 1. The minimum Gasteiger partial charge on any atom is -0.477 e. The van der Waals surface area contributed by atoms with Crippen LogP contribution in [0.1, 0.15) is 31.9 Å². The standard InChI is InChI=1S/C20H21ClN2O/c1-20(2,3)15-6-4-14(5-7-15)10-11-24-19-17-9-8-16(21)12-18(17)22-13-23-19/h4-9,12-13H,10-11H2,1-3H3. The molecule has 0 saturated heterocycles. The number of halogens is 1. The molecule has 24 heavy (non-hydrogen) atoms. The topological polar surface area (TPSA) is 35.0 Å². The van der Waals surface area contributed by atoms with Crippen molar-refractivity contribution < 1.29 is 4.74 Å². The number of rotatable bonds is 4. The van der Waals surface area contributed by atoms with Crippen LogP contribution in [0.4, 0.5) is 0 Å². The predicted molar refractivity (Wildman–Crippen MR) is 98.9 cm³/mol. The molecule has 2 aromatic carbocycles. The zero-order valence-electron chi connectivity index (χ0n) is 14.2. The molecule has 0 N–H and O–H groups in total. The zero-order valence-corrected chi connectivity index (χ0v) is 15.0. The molecule has 3 rings (SSSR count). The SMILES string of the molecule is CC(C)(C)c1ccc(CCOc2ncnc3cc(Cl)ccc23)cc1. The van der Waals surface area contributed by atoms with Gasteiger partial charge in [-0.3, -0.25) is 0 Å². The van der Waals surface area contributed by atoms with Gasteiger partial charge in [0.15, 0.2) is 0 Å². The molecule has 0 spiro atoms. The van der Waals surface area contributed by atoms with Gasteiger partial charge in [0.25, 0.3) is 0 Å². The summed E-state index contributed by atoms with van der Waals surface area (Å²) in [5.74, 6) is 0.600. The van der Waals surface area contributed by atoms with Gasteiger partial charge in [0, 0.05) is 11.4 Å². The van der Waals surface area contributed by atoms with E-state index in [4.69, 9.17) is 16.3 Å². The van der Waals surface area contributed by atoms with Gasteiger partial charge in [-0.05, 0) is 34.7 Å². The minimum absolute atomic E-state index is 0.177. The Morgan fingerprint density at radius 2 is 1.75 bits per heavy atom. The van der Waals surface area contributed by atoms with Gasteiger partial charge in [-0.1, -0.05) is 56.6 Å². The number of hydrogen-bond acceptors (Lipinski definition) is 3. The van der Waals surface area contributed by atoms with E-state index in [0.717, 1.165) is 17.3 Å². The number of hydrogen-bond donors (Lipinski definition) is 0. The molecular weight excluding hydrogens is 320 g/mol. The molecule has 0 saturated carbocycles. The first-order valence-electron chi connectivity index (χ1n) is 8.06. The van der Waals surface area contributed by atoms with Gasteiger partial charge in [-0.15, -0.1) is 0 Å². The van der Waals surface area contributed by atoms with Crippen LogP contribution in [-0.2, 0) is 11.8 Å². The summed E-state index contributed by atoms with van der Waals surface area (Å²) >= 11 is 6.00. The Labute approximate surface area is 147 Å². The molecule has 124 valence electrons. The summed E-state index contributed by atoms with van der Waals surface area (Å²) in [6.45, 7) is 7.23. The van der Waals surface area contributed by atoms with Crippen LogP contribution in [0.25, 0.3) is 10.9 Å². The quantitative estimate of drug-likeness (QED) is 0.654. The van der Waals surface area contributed by atoms with Crippen molar-refractivity contribution in [3.05, 3.63) is 64.9 Å². The Bertz CT molecular complexity index is 838. The van der Waals surface area contributed by atoms with Crippen molar-refractivity contribution in [2.24, 2.45) is 0 Å². The smallest absolute Gasteiger partial charge is 0.224 e. The zero-order chi connectivity index (χ0) is 17.2. The molecule has 3 nitrogen and oxygen atoms in total. The second-order valence-electron chi connectivity index (χ2n) is 6.89. The van der Waals surface area contributed by atoms with Crippen LogP contribution in [0, 0.1) is 0 Å². The molecule has 0 atom stereocenters. The molecule has 1 heterocycles. The molecule has 0 aliphatic carbocycles. The highest BCUT2D eigenvalue weighted by Gasteiger charge is 2.12. The van der Waals surface area contributed by atoms with Gasteiger partial charge in [0.2, 0.25) is 5.88 Å². The van der Waals surface area contributed by atoms with E-state index in [1.807, 2.05) is 18.2 Å². The van der Waals surface area contributed by atoms with E-state index in [9.17, 15) is 0 Å². The Morgan fingerprint density at radius 3 is 2.46 bits per heavy atom.